The fourth-order valence-electron chi connectivity index (χ4n) is 3.25. The van der Waals surface area contributed by atoms with Gasteiger partial charge in [-0.05, 0) is 30.7 Å². The molecular weight excluding hydrogens is 324 g/mol. The quantitative estimate of drug-likeness (QED) is 0.924. The van der Waals surface area contributed by atoms with E-state index in [1.165, 1.54) is 0 Å². The molecule has 1 N–H and O–H groups in total. The molecule has 0 aromatic heterocycles. The van der Waals surface area contributed by atoms with Crippen molar-refractivity contribution in [2.24, 2.45) is 0 Å². The minimum atomic E-state index is -1.01. The molecule has 2 aromatic rings. The van der Waals surface area contributed by atoms with Crippen LogP contribution in [0.1, 0.15) is 24.0 Å². The molecule has 0 bridgehead atoms. The number of rotatable bonds is 3. The van der Waals surface area contributed by atoms with Crippen LogP contribution in [0.15, 0.2) is 47.7 Å². The second kappa shape index (κ2) is 5.73. The van der Waals surface area contributed by atoms with Crippen LogP contribution in [-0.2, 0) is 4.79 Å². The van der Waals surface area contributed by atoms with E-state index in [-0.39, 0.29) is 12.4 Å². The van der Waals surface area contributed by atoms with E-state index in [0.29, 0.717) is 28.8 Å². The topological polar surface area (TPSA) is 74.2 Å². The van der Waals surface area contributed by atoms with Gasteiger partial charge >= 0.3 is 5.97 Å². The molecule has 25 heavy (non-hydrogen) atoms. The Hall–Kier alpha value is -3.15. The van der Waals surface area contributed by atoms with E-state index < -0.39 is 11.9 Å². The number of aliphatic carboxylic acids is 1. The van der Waals surface area contributed by atoms with Crippen molar-refractivity contribution in [3.8, 4) is 23.0 Å². The van der Waals surface area contributed by atoms with Gasteiger partial charge in [0.1, 0.15) is 17.3 Å². The van der Waals surface area contributed by atoms with Crippen LogP contribution < -0.4 is 18.9 Å². The molecule has 4 rings (SSSR count). The number of benzene rings is 2. The van der Waals surface area contributed by atoms with Gasteiger partial charge in [0, 0.05) is 17.5 Å². The lowest BCUT2D eigenvalue weighted by atomic mass is 9.82. The van der Waals surface area contributed by atoms with Gasteiger partial charge in [0.15, 0.2) is 11.5 Å². The van der Waals surface area contributed by atoms with Gasteiger partial charge in [0.05, 0.1) is 12.7 Å². The average molecular weight is 340 g/mol. The molecule has 0 aliphatic carbocycles. The van der Waals surface area contributed by atoms with E-state index in [9.17, 15) is 9.90 Å². The summed E-state index contributed by atoms with van der Waals surface area (Å²) in [6, 6.07) is 10.9. The maximum absolute atomic E-state index is 11.9. The Bertz CT molecular complexity index is 882. The molecule has 0 unspecified atom stereocenters. The van der Waals surface area contributed by atoms with Crippen LogP contribution in [-0.4, -0.2) is 25.0 Å². The third kappa shape index (κ3) is 2.46. The highest BCUT2D eigenvalue weighted by molar-refractivity contribution is 5.91. The average Bonchev–Trinajstić information content (AvgIpc) is 3.06. The van der Waals surface area contributed by atoms with Crippen LogP contribution >= 0.6 is 0 Å². The Kier molecular flexibility index (Phi) is 3.53. The summed E-state index contributed by atoms with van der Waals surface area (Å²) in [5.74, 6) is 1.35. The first kappa shape index (κ1) is 15.4. The van der Waals surface area contributed by atoms with Crippen molar-refractivity contribution in [2.45, 2.75) is 12.8 Å². The molecule has 2 aliphatic heterocycles. The van der Waals surface area contributed by atoms with Crippen molar-refractivity contribution >= 4 is 5.97 Å². The molecule has 6 heteroatoms. The second-order valence-electron chi connectivity index (χ2n) is 5.83. The smallest absolute Gasteiger partial charge is 0.335 e. The molecule has 128 valence electrons. The Morgan fingerprint density at radius 1 is 1.12 bits per heavy atom. The van der Waals surface area contributed by atoms with E-state index in [0.717, 1.165) is 11.1 Å². The van der Waals surface area contributed by atoms with E-state index >= 15 is 0 Å². The van der Waals surface area contributed by atoms with Crippen LogP contribution in [0.5, 0.6) is 23.0 Å². The fraction of sp³-hybridized carbons (Fsp3) is 0.211. The highest BCUT2D eigenvalue weighted by atomic mass is 16.7. The third-order valence-electron chi connectivity index (χ3n) is 4.43. The fourth-order valence-corrected chi connectivity index (χ4v) is 3.25. The normalized spacial score (nSPS) is 17.8. The summed E-state index contributed by atoms with van der Waals surface area (Å²) in [5.41, 5.74) is 1.77. The molecule has 0 amide bonds. The van der Waals surface area contributed by atoms with E-state index in [1.54, 1.807) is 26.2 Å². The third-order valence-corrected chi connectivity index (χ3v) is 4.43. The number of allylic oxidation sites excluding steroid dienone is 1. The molecule has 0 saturated carbocycles. The lowest BCUT2D eigenvalue weighted by Gasteiger charge is -2.28. The summed E-state index contributed by atoms with van der Waals surface area (Å²) in [5, 5.41) is 9.74. The minimum Gasteiger partial charge on any atom is -0.497 e. The van der Waals surface area contributed by atoms with Crippen molar-refractivity contribution in [1.29, 1.82) is 0 Å². The number of ether oxygens (including phenoxy) is 4. The monoisotopic (exact) mass is 340 g/mol. The molecular formula is C19H16O6. The first-order chi connectivity index (χ1) is 12.1. The van der Waals surface area contributed by atoms with Crippen LogP contribution in [0.25, 0.3) is 0 Å². The zero-order valence-electron chi connectivity index (χ0n) is 13.7. The largest absolute Gasteiger partial charge is 0.497 e. The van der Waals surface area contributed by atoms with Gasteiger partial charge in [0.2, 0.25) is 6.79 Å². The summed E-state index contributed by atoms with van der Waals surface area (Å²) in [4.78, 5) is 11.9. The van der Waals surface area contributed by atoms with Gasteiger partial charge in [-0.3, -0.25) is 0 Å². The summed E-state index contributed by atoms with van der Waals surface area (Å²) in [6.07, 6.45) is 0. The molecule has 2 aromatic carbocycles. The highest BCUT2D eigenvalue weighted by Gasteiger charge is 2.35. The molecule has 0 saturated heterocycles. The number of hydrogen-bond acceptors (Lipinski definition) is 5. The van der Waals surface area contributed by atoms with Crippen molar-refractivity contribution in [3.63, 3.8) is 0 Å². The van der Waals surface area contributed by atoms with Gasteiger partial charge in [-0.15, -0.1) is 0 Å². The van der Waals surface area contributed by atoms with Crippen molar-refractivity contribution in [2.75, 3.05) is 13.9 Å². The number of carbonyl (C=O) groups is 1. The summed E-state index contributed by atoms with van der Waals surface area (Å²) in [6.45, 7) is 1.80. The Morgan fingerprint density at radius 2 is 1.80 bits per heavy atom. The lowest BCUT2D eigenvalue weighted by molar-refractivity contribution is -0.133. The number of fused-ring (bicyclic) bond motifs is 2. The van der Waals surface area contributed by atoms with Crippen molar-refractivity contribution in [1.82, 2.24) is 0 Å². The highest BCUT2D eigenvalue weighted by Crippen LogP contribution is 2.48. The Morgan fingerprint density at radius 3 is 2.44 bits per heavy atom. The molecule has 0 radical (unpaired) electrons. The Labute approximate surface area is 144 Å². The second-order valence-corrected chi connectivity index (χ2v) is 5.83. The maximum Gasteiger partial charge on any atom is 0.335 e. The van der Waals surface area contributed by atoms with Crippen LogP contribution in [0.2, 0.25) is 0 Å². The number of carboxylic acid groups (broad SMARTS) is 1. The predicted octanol–water partition coefficient (Wildman–Crippen LogP) is 3.31. The molecule has 6 nitrogen and oxygen atoms in total. The van der Waals surface area contributed by atoms with E-state index in [2.05, 4.69) is 0 Å². The zero-order valence-corrected chi connectivity index (χ0v) is 13.7. The maximum atomic E-state index is 11.9. The first-order valence-electron chi connectivity index (χ1n) is 7.78. The standard InChI is InChI=1S/C19H16O6/c1-10-17(19(20)21)18(11-3-5-12(22-2)6-4-11)13-7-15-16(24-9-23-15)8-14(13)25-10/h3-8,18H,9H2,1-2H3,(H,20,21)/t18-/m0/s1. The van der Waals surface area contributed by atoms with Crippen LogP contribution in [0, 0.1) is 0 Å². The van der Waals surface area contributed by atoms with Crippen LogP contribution in [0.3, 0.4) is 0 Å². The minimum absolute atomic E-state index is 0.142. The Balaban J connectivity index is 1.90. The van der Waals surface area contributed by atoms with Gasteiger partial charge in [-0.2, -0.15) is 0 Å². The lowest BCUT2D eigenvalue weighted by Crippen LogP contribution is -2.21. The van der Waals surface area contributed by atoms with Crippen molar-refractivity contribution in [3.05, 3.63) is 58.9 Å². The molecule has 0 spiro atoms. The van der Waals surface area contributed by atoms with E-state index in [4.69, 9.17) is 18.9 Å². The van der Waals surface area contributed by atoms with Crippen LogP contribution in [0.4, 0.5) is 0 Å². The SMILES string of the molecule is COc1ccc([C@@H]2C(C(=O)O)=C(C)Oc3cc4c(cc32)OCO4)cc1. The van der Waals surface area contributed by atoms with E-state index in [1.807, 2.05) is 24.3 Å². The number of hydrogen-bond donors (Lipinski definition) is 1. The molecule has 2 heterocycles. The molecule has 2 aliphatic rings. The molecule has 0 fully saturated rings. The first-order valence-corrected chi connectivity index (χ1v) is 7.78. The molecule has 1 atom stereocenters. The van der Waals surface area contributed by atoms with Gasteiger partial charge in [0.25, 0.3) is 0 Å². The van der Waals surface area contributed by atoms with Gasteiger partial charge in [-0.25, -0.2) is 4.79 Å². The zero-order chi connectivity index (χ0) is 17.6. The summed E-state index contributed by atoms with van der Waals surface area (Å²) < 4.78 is 21.8. The summed E-state index contributed by atoms with van der Waals surface area (Å²) >= 11 is 0. The number of carboxylic acids is 1. The van der Waals surface area contributed by atoms with Crippen molar-refractivity contribution < 1.29 is 28.8 Å². The predicted molar refractivity (Wildman–Crippen MR) is 88.4 cm³/mol. The number of methoxy groups -OCH3 is 1. The van der Waals surface area contributed by atoms with Gasteiger partial charge in [-0.1, -0.05) is 12.1 Å². The summed E-state index contributed by atoms with van der Waals surface area (Å²) in [7, 11) is 1.59. The van der Waals surface area contributed by atoms with Gasteiger partial charge < -0.3 is 24.1 Å².